The third-order valence-electron chi connectivity index (χ3n) is 7.02. The average Bonchev–Trinajstić information content (AvgIpc) is 3.45. The van der Waals surface area contributed by atoms with Crippen LogP contribution in [-0.2, 0) is 19.1 Å². The number of rotatable bonds is 6. The predicted molar refractivity (Wildman–Crippen MR) is 127 cm³/mol. The topological polar surface area (TPSA) is 108 Å². The van der Waals surface area contributed by atoms with Crippen molar-refractivity contribution in [1.29, 1.82) is 0 Å². The lowest BCUT2D eigenvalue weighted by atomic mass is 9.98. The zero-order chi connectivity index (χ0) is 24.4. The lowest BCUT2D eigenvalue weighted by Gasteiger charge is -2.35. The molecule has 2 atom stereocenters. The van der Waals surface area contributed by atoms with Gasteiger partial charge in [-0.1, -0.05) is 48.5 Å². The van der Waals surface area contributed by atoms with Crippen LogP contribution in [0.5, 0.6) is 0 Å². The van der Waals surface area contributed by atoms with E-state index in [1.165, 1.54) is 0 Å². The van der Waals surface area contributed by atoms with Crippen molar-refractivity contribution in [3.05, 3.63) is 59.7 Å². The largest absolute Gasteiger partial charge is 0.480 e. The SMILES string of the molecule is O=C(O)CN1CCN(C(=O)[C@@H]2OCC[C@@H]2NC(=O)OCC2c3ccccc3-c3ccccc32)CC1. The van der Waals surface area contributed by atoms with Crippen LogP contribution in [0.3, 0.4) is 0 Å². The molecule has 9 nitrogen and oxygen atoms in total. The Bertz CT molecular complexity index is 1070. The summed E-state index contributed by atoms with van der Waals surface area (Å²) >= 11 is 0. The van der Waals surface area contributed by atoms with Crippen LogP contribution in [-0.4, -0.2) is 91.0 Å². The predicted octanol–water partition coefficient (Wildman–Crippen LogP) is 1.91. The number of carbonyl (C=O) groups is 3. The summed E-state index contributed by atoms with van der Waals surface area (Å²) in [6, 6.07) is 15.8. The first-order valence-corrected chi connectivity index (χ1v) is 12.0. The highest BCUT2D eigenvalue weighted by Gasteiger charge is 2.39. The Morgan fingerprint density at radius 2 is 1.60 bits per heavy atom. The average molecular weight is 480 g/mol. The molecule has 3 aliphatic rings. The summed E-state index contributed by atoms with van der Waals surface area (Å²) in [5, 5.41) is 11.8. The molecule has 2 aromatic carbocycles. The maximum atomic E-state index is 13.0. The molecule has 2 aliphatic heterocycles. The van der Waals surface area contributed by atoms with Crippen LogP contribution in [0.2, 0.25) is 0 Å². The van der Waals surface area contributed by atoms with Gasteiger partial charge in [0.2, 0.25) is 0 Å². The Hall–Kier alpha value is -3.43. The van der Waals surface area contributed by atoms with Crippen molar-refractivity contribution in [1.82, 2.24) is 15.1 Å². The lowest BCUT2D eigenvalue weighted by molar-refractivity contribution is -0.144. The summed E-state index contributed by atoms with van der Waals surface area (Å²) in [5.41, 5.74) is 4.60. The Labute approximate surface area is 203 Å². The zero-order valence-corrected chi connectivity index (χ0v) is 19.4. The molecule has 5 rings (SSSR count). The number of carboxylic acid groups (broad SMARTS) is 1. The minimum Gasteiger partial charge on any atom is -0.480 e. The Kier molecular flexibility index (Phi) is 6.70. The van der Waals surface area contributed by atoms with Crippen molar-refractivity contribution < 1.29 is 29.0 Å². The molecule has 2 amide bonds. The molecule has 35 heavy (non-hydrogen) atoms. The van der Waals surface area contributed by atoms with E-state index in [4.69, 9.17) is 14.6 Å². The number of fused-ring (bicyclic) bond motifs is 3. The second kappa shape index (κ2) is 10.1. The van der Waals surface area contributed by atoms with Gasteiger partial charge >= 0.3 is 12.1 Å². The highest BCUT2D eigenvalue weighted by Crippen LogP contribution is 2.44. The molecule has 0 saturated carbocycles. The molecule has 184 valence electrons. The number of hydrogen-bond acceptors (Lipinski definition) is 6. The van der Waals surface area contributed by atoms with Gasteiger partial charge in [0.15, 0.2) is 6.10 Å². The number of amides is 2. The minimum atomic E-state index is -0.878. The van der Waals surface area contributed by atoms with Gasteiger partial charge in [0.25, 0.3) is 5.91 Å². The van der Waals surface area contributed by atoms with Crippen molar-refractivity contribution in [2.75, 3.05) is 45.9 Å². The summed E-state index contributed by atoms with van der Waals surface area (Å²) in [4.78, 5) is 40.1. The molecule has 0 spiro atoms. The molecule has 2 N–H and O–H groups in total. The number of carboxylic acids is 1. The van der Waals surface area contributed by atoms with Gasteiger partial charge in [-0.25, -0.2) is 4.79 Å². The lowest BCUT2D eigenvalue weighted by Crippen LogP contribution is -2.55. The fourth-order valence-corrected chi connectivity index (χ4v) is 5.27. The van der Waals surface area contributed by atoms with Gasteiger partial charge in [-0.2, -0.15) is 0 Å². The van der Waals surface area contributed by atoms with E-state index in [9.17, 15) is 14.4 Å². The first kappa shape index (κ1) is 23.3. The van der Waals surface area contributed by atoms with Gasteiger partial charge in [-0.3, -0.25) is 14.5 Å². The molecule has 2 aromatic rings. The molecule has 1 aliphatic carbocycles. The molecule has 9 heteroatoms. The Morgan fingerprint density at radius 3 is 2.23 bits per heavy atom. The van der Waals surface area contributed by atoms with Gasteiger partial charge in [-0.15, -0.1) is 0 Å². The zero-order valence-electron chi connectivity index (χ0n) is 19.4. The number of carbonyl (C=O) groups excluding carboxylic acids is 2. The second-order valence-corrected chi connectivity index (χ2v) is 9.15. The van der Waals surface area contributed by atoms with E-state index >= 15 is 0 Å². The van der Waals surface area contributed by atoms with E-state index in [2.05, 4.69) is 29.6 Å². The van der Waals surface area contributed by atoms with Crippen LogP contribution in [0, 0.1) is 0 Å². The van der Waals surface area contributed by atoms with E-state index in [-0.39, 0.29) is 25.0 Å². The van der Waals surface area contributed by atoms with Gasteiger partial charge in [-0.05, 0) is 28.7 Å². The maximum Gasteiger partial charge on any atom is 0.407 e. The summed E-state index contributed by atoms with van der Waals surface area (Å²) < 4.78 is 11.3. The number of benzene rings is 2. The Balaban J connectivity index is 1.16. The standard InChI is InChI=1S/C26H29N3O6/c30-23(31)15-28-10-12-29(13-11-28)25(32)24-22(9-14-34-24)27-26(33)35-16-21-19-7-3-1-5-17(19)18-6-2-4-8-20(18)21/h1-8,21-22,24H,9-16H2,(H,27,33)(H,30,31)/t22-,24+/m0/s1. The summed E-state index contributed by atoms with van der Waals surface area (Å²) in [6.45, 7) is 2.41. The maximum absolute atomic E-state index is 13.0. The van der Waals surface area contributed by atoms with Crippen LogP contribution in [0.15, 0.2) is 48.5 Å². The molecule has 0 unspecified atom stereocenters. The number of hydrogen-bond donors (Lipinski definition) is 2. The number of ether oxygens (including phenoxy) is 2. The van der Waals surface area contributed by atoms with Crippen molar-refractivity contribution in [3.63, 3.8) is 0 Å². The first-order valence-electron chi connectivity index (χ1n) is 12.0. The molecular weight excluding hydrogens is 450 g/mol. The van der Waals surface area contributed by atoms with Crippen molar-refractivity contribution >= 4 is 18.0 Å². The van der Waals surface area contributed by atoms with E-state index in [0.29, 0.717) is 39.2 Å². The fraction of sp³-hybridized carbons (Fsp3) is 0.423. The van der Waals surface area contributed by atoms with Crippen molar-refractivity contribution in [3.8, 4) is 11.1 Å². The number of nitrogens with zero attached hydrogens (tertiary/aromatic N) is 2. The van der Waals surface area contributed by atoms with Gasteiger partial charge in [0.1, 0.15) is 6.61 Å². The highest BCUT2D eigenvalue weighted by molar-refractivity contribution is 5.83. The molecule has 2 fully saturated rings. The number of nitrogens with one attached hydrogen (secondary N) is 1. The molecule has 2 saturated heterocycles. The number of aliphatic carboxylic acids is 1. The van der Waals surface area contributed by atoms with Gasteiger partial charge < -0.3 is 24.8 Å². The van der Waals surface area contributed by atoms with Gasteiger partial charge in [0, 0.05) is 38.7 Å². The first-order chi connectivity index (χ1) is 17.0. The van der Waals surface area contributed by atoms with Crippen LogP contribution >= 0.6 is 0 Å². The van der Waals surface area contributed by atoms with E-state index in [1.54, 1.807) is 9.80 Å². The van der Waals surface area contributed by atoms with Crippen LogP contribution in [0.4, 0.5) is 4.79 Å². The van der Waals surface area contributed by atoms with E-state index in [1.807, 2.05) is 24.3 Å². The van der Waals surface area contributed by atoms with E-state index in [0.717, 1.165) is 22.3 Å². The Morgan fingerprint density at radius 1 is 0.971 bits per heavy atom. The number of alkyl carbamates (subject to hydrolysis) is 1. The summed E-state index contributed by atoms with van der Waals surface area (Å²) in [7, 11) is 0. The normalized spacial score (nSPS) is 21.9. The minimum absolute atomic E-state index is 0.0338. The highest BCUT2D eigenvalue weighted by atomic mass is 16.6. The quantitative estimate of drug-likeness (QED) is 0.652. The van der Waals surface area contributed by atoms with Gasteiger partial charge in [0.05, 0.1) is 12.6 Å². The monoisotopic (exact) mass is 479 g/mol. The third-order valence-corrected chi connectivity index (χ3v) is 7.02. The molecule has 2 heterocycles. The molecule has 0 aromatic heterocycles. The van der Waals surface area contributed by atoms with E-state index < -0.39 is 24.2 Å². The van der Waals surface area contributed by atoms with Crippen LogP contribution < -0.4 is 5.32 Å². The third kappa shape index (κ3) is 4.87. The fourth-order valence-electron chi connectivity index (χ4n) is 5.27. The smallest absolute Gasteiger partial charge is 0.407 e. The van der Waals surface area contributed by atoms with Crippen LogP contribution in [0.25, 0.3) is 11.1 Å². The molecule has 0 bridgehead atoms. The summed E-state index contributed by atoms with van der Waals surface area (Å²) in [6.07, 6.45) is -0.799. The number of piperazine rings is 1. The van der Waals surface area contributed by atoms with Crippen LogP contribution in [0.1, 0.15) is 23.5 Å². The second-order valence-electron chi connectivity index (χ2n) is 9.15. The summed E-state index contributed by atoms with van der Waals surface area (Å²) in [5.74, 6) is -1.09. The molecule has 0 radical (unpaired) electrons. The molecular formula is C26H29N3O6. The van der Waals surface area contributed by atoms with Crippen molar-refractivity contribution in [2.24, 2.45) is 0 Å². The van der Waals surface area contributed by atoms with Crippen molar-refractivity contribution in [2.45, 2.75) is 24.5 Å².